The van der Waals surface area contributed by atoms with E-state index in [1.807, 2.05) is 47.4 Å². The highest BCUT2D eigenvalue weighted by atomic mass is 127. The molecule has 0 unspecified atom stereocenters. The van der Waals surface area contributed by atoms with Crippen molar-refractivity contribution in [2.45, 2.75) is 25.4 Å². The maximum absolute atomic E-state index is 12.0. The van der Waals surface area contributed by atoms with Gasteiger partial charge in [0, 0.05) is 19.2 Å². The summed E-state index contributed by atoms with van der Waals surface area (Å²) in [6.07, 6.45) is -0.865. The Morgan fingerprint density at radius 2 is 1.85 bits per heavy atom. The van der Waals surface area contributed by atoms with Gasteiger partial charge in [0.2, 0.25) is 0 Å². The number of rotatable bonds is 8. The van der Waals surface area contributed by atoms with E-state index in [2.05, 4.69) is 5.32 Å². The van der Waals surface area contributed by atoms with Crippen molar-refractivity contribution in [2.24, 2.45) is 7.05 Å². The van der Waals surface area contributed by atoms with Crippen LogP contribution in [-0.2, 0) is 11.8 Å². The molecule has 1 aromatic carbocycles. The van der Waals surface area contributed by atoms with E-state index < -0.39 is 12.1 Å². The number of aryl methyl sites for hydroxylation is 1. The van der Waals surface area contributed by atoms with Gasteiger partial charge < -0.3 is 39.3 Å². The van der Waals surface area contributed by atoms with Gasteiger partial charge in [-0.1, -0.05) is 6.07 Å². The van der Waals surface area contributed by atoms with Gasteiger partial charge in [0.25, 0.3) is 5.52 Å². The lowest BCUT2D eigenvalue weighted by atomic mass is 10.1. The van der Waals surface area contributed by atoms with Gasteiger partial charge in [0.1, 0.15) is 7.05 Å². The summed E-state index contributed by atoms with van der Waals surface area (Å²) < 4.78 is 43.5. The Kier molecular flexibility index (Phi) is 9.07. The quantitative estimate of drug-likeness (QED) is 0.306. The molecule has 0 aliphatic carbocycles. The second kappa shape index (κ2) is 10.5. The number of carbonyl (C=O) groups excluding carboxylic acids is 1. The molecule has 2 aromatic rings. The van der Waals surface area contributed by atoms with Crippen LogP contribution < -0.4 is 43.9 Å². The molecule has 2 N–H and O–H groups in total. The minimum absolute atomic E-state index is 0. The van der Waals surface area contributed by atoms with E-state index in [0.717, 1.165) is 28.8 Å². The Hall–Kier alpha value is -1.78. The van der Waals surface area contributed by atoms with Gasteiger partial charge >= 0.3 is 12.1 Å². The topological polar surface area (TPSA) is 54.2 Å². The number of methoxy groups -OCH3 is 1. The van der Waals surface area contributed by atoms with Crippen LogP contribution in [0.2, 0.25) is 0 Å². The maximum Gasteiger partial charge on any atom is 0.471 e. The van der Waals surface area contributed by atoms with Gasteiger partial charge in [-0.2, -0.15) is 17.7 Å². The van der Waals surface area contributed by atoms with Crippen LogP contribution in [-0.4, -0.2) is 32.3 Å². The molecule has 0 bridgehead atoms. The number of para-hydroxylation sites is 1. The first-order chi connectivity index (χ1) is 12.3. The molecule has 0 aliphatic rings. The van der Waals surface area contributed by atoms with Crippen LogP contribution in [0.1, 0.15) is 19.3 Å². The van der Waals surface area contributed by atoms with Crippen LogP contribution >= 0.6 is 0 Å². The largest absolute Gasteiger partial charge is 1.00 e. The van der Waals surface area contributed by atoms with Crippen LogP contribution in [0.15, 0.2) is 30.5 Å². The summed E-state index contributed by atoms with van der Waals surface area (Å²) in [6.45, 7) is 0.715. The fraction of sp³-hybridized carbons (Fsp3) is 0.444. The van der Waals surface area contributed by atoms with Crippen LogP contribution in [0.25, 0.3) is 10.9 Å². The predicted molar refractivity (Wildman–Crippen MR) is 93.1 cm³/mol. The molecule has 0 atom stereocenters. The number of alkyl halides is 3. The number of ether oxygens (including phenoxy) is 1. The van der Waals surface area contributed by atoms with E-state index >= 15 is 0 Å². The minimum Gasteiger partial charge on any atom is -1.00 e. The number of pyridine rings is 1. The molecule has 2 rings (SSSR count). The Morgan fingerprint density at radius 3 is 2.52 bits per heavy atom. The maximum atomic E-state index is 12.0. The molecule has 0 saturated carbocycles. The van der Waals surface area contributed by atoms with Crippen LogP contribution in [0.4, 0.5) is 18.9 Å². The molecule has 0 spiro atoms. The number of carbonyl (C=O) groups is 1. The number of hydrogen-bond acceptors (Lipinski definition) is 3. The number of aromatic nitrogens is 1. The van der Waals surface area contributed by atoms with Crippen molar-refractivity contribution in [1.82, 2.24) is 5.32 Å². The summed E-state index contributed by atoms with van der Waals surface area (Å²) in [5.74, 6) is -1.10. The van der Waals surface area contributed by atoms with Crippen molar-refractivity contribution in [2.75, 3.05) is 25.5 Å². The zero-order valence-corrected chi connectivity index (χ0v) is 17.4. The Balaban J connectivity index is 0.00000364. The standard InChI is InChI=1S/C18H22F3N3O2.HI/c1-24-12-9-14(13-7-6-8-15(26-2)16(13)24)22-10-4-3-5-11-23-17(25)18(19,20)21;/h6-9,12H,3-5,10-11H2,1-2H3,(H,23,25);1H. The second-order valence-corrected chi connectivity index (χ2v) is 5.94. The van der Waals surface area contributed by atoms with Crippen molar-refractivity contribution in [3.63, 3.8) is 0 Å². The number of nitrogens with one attached hydrogen (secondary N) is 2. The molecule has 9 heteroatoms. The highest BCUT2D eigenvalue weighted by Crippen LogP contribution is 2.27. The van der Waals surface area contributed by atoms with Gasteiger partial charge in [0.05, 0.1) is 18.2 Å². The number of halogens is 4. The van der Waals surface area contributed by atoms with Crippen LogP contribution in [0.5, 0.6) is 5.75 Å². The third-order valence-electron chi connectivity index (χ3n) is 4.04. The molecule has 1 heterocycles. The summed E-state index contributed by atoms with van der Waals surface area (Å²) in [4.78, 5) is 10.7. The number of unbranched alkanes of at least 4 members (excludes halogenated alkanes) is 2. The van der Waals surface area contributed by atoms with Gasteiger partial charge in [-0.25, -0.2) is 0 Å². The molecule has 0 radical (unpaired) electrons. The van der Waals surface area contributed by atoms with Crippen molar-refractivity contribution < 1.29 is 51.2 Å². The van der Waals surface area contributed by atoms with Crippen molar-refractivity contribution >= 4 is 22.5 Å². The third kappa shape index (κ3) is 6.40. The summed E-state index contributed by atoms with van der Waals surface area (Å²) in [5, 5.41) is 6.26. The Labute approximate surface area is 173 Å². The SMILES string of the molecule is COc1cccc2c(NCCCCCNC(=O)C(F)(F)F)cc[n+](C)c12.[I-]. The van der Waals surface area contributed by atoms with E-state index in [9.17, 15) is 18.0 Å². The van der Waals surface area contributed by atoms with Crippen LogP contribution in [0.3, 0.4) is 0 Å². The molecule has 0 aliphatic heterocycles. The zero-order valence-electron chi connectivity index (χ0n) is 15.2. The number of benzene rings is 1. The molecule has 1 amide bonds. The number of nitrogens with zero attached hydrogens (tertiary/aromatic N) is 1. The normalized spacial score (nSPS) is 11.0. The Morgan fingerprint density at radius 1 is 1.15 bits per heavy atom. The number of fused-ring (bicyclic) bond motifs is 1. The molecule has 27 heavy (non-hydrogen) atoms. The first kappa shape index (κ1) is 23.3. The molecule has 5 nitrogen and oxygen atoms in total. The first-order valence-electron chi connectivity index (χ1n) is 8.39. The minimum atomic E-state index is -4.81. The smallest absolute Gasteiger partial charge is 0.471 e. The molecule has 0 saturated heterocycles. The van der Waals surface area contributed by atoms with E-state index in [1.54, 1.807) is 7.11 Å². The lowest BCUT2D eigenvalue weighted by molar-refractivity contribution is -0.645. The van der Waals surface area contributed by atoms with Gasteiger partial charge in [-0.15, -0.1) is 0 Å². The van der Waals surface area contributed by atoms with E-state index in [0.29, 0.717) is 19.4 Å². The monoisotopic (exact) mass is 497 g/mol. The van der Waals surface area contributed by atoms with E-state index in [4.69, 9.17) is 4.74 Å². The number of hydrogen-bond donors (Lipinski definition) is 2. The average molecular weight is 497 g/mol. The van der Waals surface area contributed by atoms with E-state index in [-0.39, 0.29) is 30.5 Å². The average Bonchev–Trinajstić information content (AvgIpc) is 2.61. The zero-order chi connectivity index (χ0) is 19.2. The van der Waals surface area contributed by atoms with Crippen LogP contribution in [0, 0.1) is 0 Å². The third-order valence-corrected chi connectivity index (χ3v) is 4.04. The van der Waals surface area contributed by atoms with Gasteiger partial charge in [-0.05, 0) is 31.4 Å². The molecular formula is C18H23F3IN3O2. The fourth-order valence-corrected chi connectivity index (χ4v) is 2.72. The highest BCUT2D eigenvalue weighted by molar-refractivity contribution is 5.92. The second-order valence-electron chi connectivity index (χ2n) is 5.94. The summed E-state index contributed by atoms with van der Waals surface area (Å²) in [6, 6.07) is 7.81. The highest BCUT2D eigenvalue weighted by Gasteiger charge is 2.38. The fourth-order valence-electron chi connectivity index (χ4n) is 2.72. The van der Waals surface area contributed by atoms with E-state index in [1.165, 1.54) is 0 Å². The van der Waals surface area contributed by atoms with Gasteiger partial charge in [0.15, 0.2) is 11.9 Å². The van der Waals surface area contributed by atoms with Crippen molar-refractivity contribution in [3.8, 4) is 5.75 Å². The molecular weight excluding hydrogens is 474 g/mol. The van der Waals surface area contributed by atoms with Gasteiger partial charge in [-0.3, -0.25) is 4.79 Å². The lowest BCUT2D eigenvalue weighted by Gasteiger charge is -2.11. The molecule has 150 valence electrons. The van der Waals surface area contributed by atoms with Crippen molar-refractivity contribution in [3.05, 3.63) is 30.5 Å². The first-order valence-corrected chi connectivity index (χ1v) is 8.39. The number of amides is 1. The van der Waals surface area contributed by atoms with Crippen molar-refractivity contribution in [1.29, 1.82) is 0 Å². The lowest BCUT2D eigenvalue weighted by Crippen LogP contribution is -3.00. The number of anilines is 1. The predicted octanol–water partition coefficient (Wildman–Crippen LogP) is -0.0624. The summed E-state index contributed by atoms with van der Waals surface area (Å²) >= 11 is 0. The molecule has 0 fully saturated rings. The Bertz CT molecular complexity index is 769. The summed E-state index contributed by atoms with van der Waals surface area (Å²) in [5.41, 5.74) is 1.96. The molecule has 1 aromatic heterocycles. The summed E-state index contributed by atoms with van der Waals surface area (Å²) in [7, 11) is 3.58.